The predicted molar refractivity (Wildman–Crippen MR) is 147 cm³/mol. The third-order valence-corrected chi connectivity index (χ3v) is 6.93. The molecule has 1 amide bonds. The van der Waals surface area contributed by atoms with Gasteiger partial charge in [-0.1, -0.05) is 12.1 Å². The minimum atomic E-state index is -4.54. The number of anilines is 2. The Morgan fingerprint density at radius 3 is 2.67 bits per heavy atom. The smallest absolute Gasteiger partial charge is 0.377 e. The fourth-order valence-corrected chi connectivity index (χ4v) is 4.60. The van der Waals surface area contributed by atoms with Crippen LogP contribution in [-0.4, -0.2) is 66.3 Å². The quantitative estimate of drug-likeness (QED) is 0.472. The highest BCUT2D eigenvalue weighted by atomic mass is 19.4. The van der Waals surface area contributed by atoms with Crippen molar-refractivity contribution >= 4 is 29.3 Å². The molecule has 3 heterocycles. The Balaban J connectivity index is 1.34. The molecule has 5 rings (SSSR count). The summed E-state index contributed by atoms with van der Waals surface area (Å²) >= 11 is 0. The van der Waals surface area contributed by atoms with Crippen molar-refractivity contribution in [3.05, 3.63) is 76.5 Å². The zero-order valence-electron chi connectivity index (χ0n) is 21.8. The highest BCUT2D eigenvalue weighted by Gasteiger charge is 2.34. The summed E-state index contributed by atoms with van der Waals surface area (Å²) < 4.78 is 43.5. The third-order valence-electron chi connectivity index (χ3n) is 6.93. The lowest BCUT2D eigenvalue weighted by Crippen LogP contribution is -2.44. The number of aryl methyl sites for hydroxylation is 1. The van der Waals surface area contributed by atoms with E-state index in [0.29, 0.717) is 36.6 Å². The fraction of sp³-hybridized carbons (Fsp3) is 0.310. The Hall–Kier alpha value is -4.07. The van der Waals surface area contributed by atoms with Crippen molar-refractivity contribution in [2.75, 3.05) is 50.4 Å². The van der Waals surface area contributed by atoms with E-state index in [1.165, 1.54) is 12.1 Å². The molecule has 1 aromatic heterocycles. The molecule has 3 aromatic rings. The lowest BCUT2D eigenvalue weighted by molar-refractivity contribution is -0.138. The molecule has 0 radical (unpaired) electrons. The number of hydrogen-bond donors (Lipinski definition) is 2. The van der Waals surface area contributed by atoms with Crippen molar-refractivity contribution < 1.29 is 18.0 Å². The van der Waals surface area contributed by atoms with Gasteiger partial charge >= 0.3 is 6.18 Å². The number of rotatable bonds is 4. The predicted octanol–water partition coefficient (Wildman–Crippen LogP) is 4.80. The minimum absolute atomic E-state index is 0.0898. The topological polar surface area (TPSA) is 64.9 Å². The van der Waals surface area contributed by atoms with Crippen LogP contribution in [0.2, 0.25) is 0 Å². The van der Waals surface area contributed by atoms with Gasteiger partial charge in [-0.15, -0.1) is 0 Å². The molecule has 0 unspecified atom stereocenters. The molecule has 0 atom stereocenters. The zero-order valence-corrected chi connectivity index (χ0v) is 21.8. The average molecular weight is 535 g/mol. The molecule has 1 fully saturated rings. The molecule has 2 aromatic carbocycles. The summed E-state index contributed by atoms with van der Waals surface area (Å²) in [7, 11) is 2.00. The van der Waals surface area contributed by atoms with Crippen LogP contribution in [0.25, 0.3) is 0 Å². The third kappa shape index (κ3) is 6.16. The Morgan fingerprint density at radius 1 is 1.10 bits per heavy atom. The number of fused-ring (bicyclic) bond motifs is 1. The van der Waals surface area contributed by atoms with Crippen molar-refractivity contribution in [1.29, 1.82) is 0 Å². The van der Waals surface area contributed by atoms with Crippen LogP contribution in [0.15, 0.2) is 53.7 Å². The number of halogens is 3. The van der Waals surface area contributed by atoms with Gasteiger partial charge in [-0.2, -0.15) is 13.2 Å². The summed E-state index contributed by atoms with van der Waals surface area (Å²) in [4.78, 5) is 21.6. The van der Waals surface area contributed by atoms with Crippen molar-refractivity contribution in [3.8, 4) is 12.0 Å². The number of amides is 1. The maximum atomic E-state index is 13.9. The van der Waals surface area contributed by atoms with Gasteiger partial charge in [0.25, 0.3) is 5.91 Å². The number of hydrogen-bond acceptors (Lipinski definition) is 5. The SMILES string of the molecule is Cc1ccc(C(=O)Nc2ccc(CN3CCN(C)CC3)c(C(F)(F)F)c2)cc1C#Cn1ccc2c1N=CCN2. The van der Waals surface area contributed by atoms with E-state index in [1.54, 1.807) is 29.0 Å². The first-order valence-corrected chi connectivity index (χ1v) is 12.7. The number of aliphatic imine (C=N–C) groups is 1. The highest BCUT2D eigenvalue weighted by molar-refractivity contribution is 6.04. The van der Waals surface area contributed by atoms with Crippen molar-refractivity contribution in [2.24, 2.45) is 4.99 Å². The maximum Gasteiger partial charge on any atom is 0.416 e. The molecule has 0 aliphatic carbocycles. The Bertz CT molecular complexity index is 1470. The minimum Gasteiger partial charge on any atom is -0.377 e. The van der Waals surface area contributed by atoms with Crippen LogP contribution < -0.4 is 10.6 Å². The molecule has 10 heteroatoms. The number of nitrogens with one attached hydrogen (secondary N) is 2. The van der Waals surface area contributed by atoms with Crippen LogP contribution in [0.3, 0.4) is 0 Å². The first kappa shape index (κ1) is 26.5. The summed E-state index contributed by atoms with van der Waals surface area (Å²) in [5.41, 5.74) is 2.25. The van der Waals surface area contributed by atoms with Crippen molar-refractivity contribution in [1.82, 2.24) is 14.4 Å². The summed E-state index contributed by atoms with van der Waals surface area (Å²) in [6.07, 6.45) is -0.961. The molecule has 2 aliphatic heterocycles. The number of likely N-dealkylation sites (N-methyl/N-ethyl adjacent to an activating group) is 1. The molecule has 2 N–H and O–H groups in total. The average Bonchev–Trinajstić information content (AvgIpc) is 3.33. The van der Waals surface area contributed by atoms with Gasteiger partial charge in [0.2, 0.25) is 0 Å². The van der Waals surface area contributed by atoms with Crippen LogP contribution >= 0.6 is 0 Å². The number of piperazine rings is 1. The largest absolute Gasteiger partial charge is 0.416 e. The van der Waals surface area contributed by atoms with E-state index >= 15 is 0 Å². The van der Waals surface area contributed by atoms with E-state index in [4.69, 9.17) is 0 Å². The number of aromatic nitrogens is 1. The van der Waals surface area contributed by atoms with Gasteiger partial charge in [-0.3, -0.25) is 14.3 Å². The summed E-state index contributed by atoms with van der Waals surface area (Å²) in [5.74, 6) is 3.27. The normalized spacial score (nSPS) is 15.7. The van der Waals surface area contributed by atoms with E-state index in [-0.39, 0.29) is 17.8 Å². The molecule has 1 saturated heterocycles. The van der Waals surface area contributed by atoms with E-state index in [0.717, 1.165) is 30.4 Å². The summed E-state index contributed by atoms with van der Waals surface area (Å²) in [6, 6.07) is 14.0. The molecule has 0 spiro atoms. The Kier molecular flexibility index (Phi) is 7.46. The molecule has 202 valence electrons. The first-order chi connectivity index (χ1) is 18.7. The number of carbonyl (C=O) groups excluding carboxylic acids is 1. The number of nitrogens with zero attached hydrogens (tertiary/aromatic N) is 4. The lowest BCUT2D eigenvalue weighted by Gasteiger charge is -2.33. The number of alkyl halides is 3. The molecule has 2 aliphatic rings. The molecule has 0 saturated carbocycles. The lowest BCUT2D eigenvalue weighted by atomic mass is 10.0. The molecule has 7 nitrogen and oxygen atoms in total. The maximum absolute atomic E-state index is 13.9. The molecular formula is C29H29F3N6O. The van der Waals surface area contributed by atoms with Crippen LogP contribution in [0, 0.1) is 18.9 Å². The van der Waals surface area contributed by atoms with Gasteiger partial charge in [0.1, 0.15) is 0 Å². The van der Waals surface area contributed by atoms with E-state index in [2.05, 4.69) is 32.5 Å². The van der Waals surface area contributed by atoms with Gasteiger partial charge in [-0.05, 0) is 61.4 Å². The standard InChI is InChI=1S/C29H29F3N6O/c1-20-3-4-22(17-21(20)7-11-38-12-8-26-27(38)34-10-9-33-26)28(39)35-24-6-5-23(25(18-24)29(30,31)32)19-37-15-13-36(2)14-16-37/h3-6,8,10,12,17-18,33H,9,13-16,19H2,1-2H3,(H,35,39). The van der Waals surface area contributed by atoms with Gasteiger partial charge < -0.3 is 15.5 Å². The van der Waals surface area contributed by atoms with E-state index < -0.39 is 17.6 Å². The van der Waals surface area contributed by atoms with Crippen LogP contribution in [-0.2, 0) is 12.7 Å². The number of carbonyl (C=O) groups is 1. The fourth-order valence-electron chi connectivity index (χ4n) is 4.60. The molecule has 39 heavy (non-hydrogen) atoms. The van der Waals surface area contributed by atoms with E-state index in [1.807, 2.05) is 31.1 Å². The van der Waals surface area contributed by atoms with Crippen molar-refractivity contribution in [3.63, 3.8) is 0 Å². The van der Waals surface area contributed by atoms with Crippen molar-refractivity contribution in [2.45, 2.75) is 19.6 Å². The number of benzene rings is 2. The second kappa shape index (κ2) is 11.0. The monoisotopic (exact) mass is 534 g/mol. The summed E-state index contributed by atoms with van der Waals surface area (Å²) in [5, 5.41) is 5.84. The van der Waals surface area contributed by atoms with Crippen LogP contribution in [0.1, 0.15) is 32.6 Å². The molecule has 0 bridgehead atoms. The van der Waals surface area contributed by atoms with Gasteiger partial charge in [-0.25, -0.2) is 4.99 Å². The highest BCUT2D eigenvalue weighted by Crippen LogP contribution is 2.35. The van der Waals surface area contributed by atoms with Crippen LogP contribution in [0.4, 0.5) is 30.4 Å². The summed E-state index contributed by atoms with van der Waals surface area (Å²) in [6.45, 7) is 5.80. The van der Waals surface area contributed by atoms with Gasteiger partial charge in [0.05, 0.1) is 17.8 Å². The van der Waals surface area contributed by atoms with Crippen LogP contribution in [0.5, 0.6) is 0 Å². The van der Waals surface area contributed by atoms with E-state index in [9.17, 15) is 18.0 Å². The first-order valence-electron chi connectivity index (χ1n) is 12.7. The van der Waals surface area contributed by atoms with Gasteiger partial charge in [0.15, 0.2) is 5.82 Å². The second-order valence-corrected chi connectivity index (χ2v) is 9.79. The zero-order chi connectivity index (χ0) is 27.6. The Morgan fingerprint density at radius 2 is 1.90 bits per heavy atom. The van der Waals surface area contributed by atoms with Gasteiger partial charge in [0, 0.05) is 68.0 Å². The molecular weight excluding hydrogens is 505 g/mol. The Labute approximate surface area is 225 Å². The second-order valence-electron chi connectivity index (χ2n) is 9.79.